The average Bonchev–Trinajstić information content (AvgIpc) is 2.35. The molecule has 17 heavy (non-hydrogen) atoms. The number of methoxy groups -OCH3 is 1. The van der Waals surface area contributed by atoms with Gasteiger partial charge in [-0.25, -0.2) is 0 Å². The van der Waals surface area contributed by atoms with E-state index < -0.39 is 0 Å². The molecule has 0 aliphatic carbocycles. The smallest absolute Gasteiger partial charge is 0.220 e. The molecular weight excluding hydrogens is 216 g/mol. The zero-order valence-corrected chi connectivity index (χ0v) is 11.3. The summed E-state index contributed by atoms with van der Waals surface area (Å²) in [6, 6.07) is 0.438. The fourth-order valence-corrected chi connectivity index (χ4v) is 2.15. The number of hydrogen-bond acceptors (Lipinski definition) is 3. The van der Waals surface area contributed by atoms with Crippen molar-refractivity contribution in [1.29, 1.82) is 0 Å². The molecule has 0 aromatic rings. The Kier molecular flexibility index (Phi) is 6.52. The molecule has 0 spiro atoms. The van der Waals surface area contributed by atoms with E-state index in [1.807, 2.05) is 6.92 Å². The Morgan fingerprint density at radius 3 is 3.00 bits per heavy atom. The second-order valence-electron chi connectivity index (χ2n) is 5.07. The predicted octanol–water partition coefficient (Wildman–Crippen LogP) is 1.31. The number of piperidine rings is 1. The summed E-state index contributed by atoms with van der Waals surface area (Å²) in [5.74, 6) is 0.787. The van der Waals surface area contributed by atoms with Crippen LogP contribution < -0.4 is 10.6 Å². The van der Waals surface area contributed by atoms with E-state index >= 15 is 0 Å². The lowest BCUT2D eigenvalue weighted by atomic mass is 9.93. The van der Waals surface area contributed by atoms with E-state index in [-0.39, 0.29) is 12.0 Å². The van der Waals surface area contributed by atoms with Crippen molar-refractivity contribution in [3.05, 3.63) is 0 Å². The van der Waals surface area contributed by atoms with Gasteiger partial charge in [0.25, 0.3) is 0 Å². The number of nitrogens with one attached hydrogen (secondary N) is 2. The summed E-state index contributed by atoms with van der Waals surface area (Å²) < 4.78 is 5.12. The van der Waals surface area contributed by atoms with Gasteiger partial charge in [-0.2, -0.15) is 0 Å². The third-order valence-electron chi connectivity index (χ3n) is 3.63. The lowest BCUT2D eigenvalue weighted by Gasteiger charge is -2.30. The molecule has 3 unspecified atom stereocenters. The molecule has 4 heteroatoms. The van der Waals surface area contributed by atoms with Crippen molar-refractivity contribution in [1.82, 2.24) is 10.6 Å². The Hall–Kier alpha value is -0.610. The van der Waals surface area contributed by atoms with Gasteiger partial charge in [0.05, 0.1) is 6.10 Å². The van der Waals surface area contributed by atoms with Crippen LogP contribution in [0.25, 0.3) is 0 Å². The van der Waals surface area contributed by atoms with E-state index in [1.54, 1.807) is 7.11 Å². The Morgan fingerprint density at radius 2 is 2.35 bits per heavy atom. The van der Waals surface area contributed by atoms with E-state index in [1.165, 1.54) is 12.8 Å². The number of hydrogen-bond donors (Lipinski definition) is 2. The first-order valence-corrected chi connectivity index (χ1v) is 6.66. The lowest BCUT2D eigenvalue weighted by molar-refractivity contribution is -0.121. The zero-order chi connectivity index (χ0) is 12.7. The van der Waals surface area contributed by atoms with E-state index in [2.05, 4.69) is 17.6 Å². The van der Waals surface area contributed by atoms with Crippen molar-refractivity contribution in [2.24, 2.45) is 5.92 Å². The first kappa shape index (κ1) is 14.5. The van der Waals surface area contributed by atoms with Crippen molar-refractivity contribution in [3.8, 4) is 0 Å². The van der Waals surface area contributed by atoms with Gasteiger partial charge in [-0.1, -0.05) is 6.92 Å². The number of carbonyl (C=O) groups is 1. The highest BCUT2D eigenvalue weighted by Crippen LogP contribution is 2.14. The second kappa shape index (κ2) is 7.67. The molecule has 0 aromatic carbocycles. The van der Waals surface area contributed by atoms with Gasteiger partial charge in [-0.15, -0.1) is 0 Å². The summed E-state index contributed by atoms with van der Waals surface area (Å²) in [4.78, 5) is 11.6. The molecule has 2 N–H and O–H groups in total. The molecule has 1 amide bonds. The highest BCUT2D eigenvalue weighted by atomic mass is 16.5. The monoisotopic (exact) mass is 242 g/mol. The van der Waals surface area contributed by atoms with Crippen molar-refractivity contribution in [2.45, 2.75) is 51.7 Å². The first-order chi connectivity index (χ1) is 8.13. The van der Waals surface area contributed by atoms with Crippen LogP contribution in [0.5, 0.6) is 0 Å². The first-order valence-electron chi connectivity index (χ1n) is 6.66. The zero-order valence-electron chi connectivity index (χ0n) is 11.3. The lowest BCUT2D eigenvalue weighted by Crippen LogP contribution is -2.47. The van der Waals surface area contributed by atoms with E-state index in [4.69, 9.17) is 4.74 Å². The van der Waals surface area contributed by atoms with Gasteiger partial charge < -0.3 is 15.4 Å². The van der Waals surface area contributed by atoms with Crippen LogP contribution >= 0.6 is 0 Å². The van der Waals surface area contributed by atoms with Gasteiger partial charge in [0.15, 0.2) is 0 Å². The van der Waals surface area contributed by atoms with Crippen LogP contribution in [-0.4, -0.2) is 38.3 Å². The van der Waals surface area contributed by atoms with Crippen LogP contribution in [0, 0.1) is 5.92 Å². The fraction of sp³-hybridized carbons (Fsp3) is 0.923. The van der Waals surface area contributed by atoms with Crippen LogP contribution in [0.15, 0.2) is 0 Å². The SMILES string of the molecule is COC(C)CCC(=O)NCC1NCCCC1C. The van der Waals surface area contributed by atoms with Crippen molar-refractivity contribution in [2.75, 3.05) is 20.2 Å². The maximum absolute atomic E-state index is 11.6. The minimum atomic E-state index is 0.133. The second-order valence-corrected chi connectivity index (χ2v) is 5.07. The Bertz CT molecular complexity index is 233. The van der Waals surface area contributed by atoms with Crippen LogP contribution in [0.1, 0.15) is 39.5 Å². The van der Waals surface area contributed by atoms with Crippen molar-refractivity contribution < 1.29 is 9.53 Å². The summed E-state index contributed by atoms with van der Waals surface area (Å²) in [6.45, 7) is 6.06. The number of rotatable bonds is 6. The molecule has 1 rings (SSSR count). The van der Waals surface area contributed by atoms with Gasteiger partial charge in [-0.05, 0) is 38.6 Å². The third kappa shape index (κ3) is 5.50. The normalized spacial score (nSPS) is 26.5. The number of ether oxygens (including phenoxy) is 1. The van der Waals surface area contributed by atoms with Crippen molar-refractivity contribution in [3.63, 3.8) is 0 Å². The van der Waals surface area contributed by atoms with Gasteiger partial charge >= 0.3 is 0 Å². The molecule has 0 saturated carbocycles. The van der Waals surface area contributed by atoms with Crippen LogP contribution in [0.3, 0.4) is 0 Å². The quantitative estimate of drug-likeness (QED) is 0.738. The van der Waals surface area contributed by atoms with Gasteiger partial charge in [0, 0.05) is 26.1 Å². The maximum Gasteiger partial charge on any atom is 0.220 e. The molecular formula is C13H26N2O2. The number of amides is 1. The fourth-order valence-electron chi connectivity index (χ4n) is 2.15. The molecule has 0 radical (unpaired) electrons. The van der Waals surface area contributed by atoms with Crippen LogP contribution in [0.4, 0.5) is 0 Å². The Balaban J connectivity index is 2.14. The molecule has 1 aliphatic rings. The highest BCUT2D eigenvalue weighted by Gasteiger charge is 2.20. The molecule has 0 bridgehead atoms. The van der Waals surface area contributed by atoms with E-state index in [0.717, 1.165) is 19.5 Å². The molecule has 1 aliphatic heterocycles. The van der Waals surface area contributed by atoms with Crippen molar-refractivity contribution >= 4 is 5.91 Å². The van der Waals surface area contributed by atoms with Gasteiger partial charge in [0.1, 0.15) is 0 Å². The highest BCUT2D eigenvalue weighted by molar-refractivity contribution is 5.75. The molecule has 1 heterocycles. The summed E-state index contributed by atoms with van der Waals surface area (Å²) >= 11 is 0. The predicted molar refractivity (Wildman–Crippen MR) is 68.9 cm³/mol. The molecule has 4 nitrogen and oxygen atoms in total. The van der Waals surface area contributed by atoms with Gasteiger partial charge in [0.2, 0.25) is 5.91 Å². The maximum atomic E-state index is 11.6. The summed E-state index contributed by atoms with van der Waals surface area (Å²) in [7, 11) is 1.68. The molecule has 100 valence electrons. The Labute approximate surface area is 104 Å². The summed E-state index contributed by atoms with van der Waals surface area (Å²) in [6.07, 6.45) is 4.00. The Morgan fingerprint density at radius 1 is 1.59 bits per heavy atom. The van der Waals surface area contributed by atoms with Gasteiger partial charge in [-0.3, -0.25) is 4.79 Å². The largest absolute Gasteiger partial charge is 0.382 e. The molecule has 1 fully saturated rings. The topological polar surface area (TPSA) is 50.4 Å². The van der Waals surface area contributed by atoms with E-state index in [9.17, 15) is 4.79 Å². The molecule has 3 atom stereocenters. The number of carbonyl (C=O) groups excluding carboxylic acids is 1. The average molecular weight is 242 g/mol. The molecule has 1 saturated heterocycles. The minimum Gasteiger partial charge on any atom is -0.382 e. The van der Waals surface area contributed by atoms with Crippen LogP contribution in [0.2, 0.25) is 0 Å². The minimum absolute atomic E-state index is 0.133. The summed E-state index contributed by atoms with van der Waals surface area (Å²) in [5.41, 5.74) is 0. The van der Waals surface area contributed by atoms with Crippen LogP contribution in [-0.2, 0) is 9.53 Å². The third-order valence-corrected chi connectivity index (χ3v) is 3.63. The van der Waals surface area contributed by atoms with E-state index in [0.29, 0.717) is 18.4 Å². The summed E-state index contributed by atoms with van der Waals surface area (Å²) in [5, 5.41) is 6.47. The molecule has 0 aromatic heterocycles. The standard InChI is InChI=1S/C13H26N2O2/c1-10-5-4-8-14-12(10)9-15-13(16)7-6-11(2)17-3/h10-12,14H,4-9H2,1-3H3,(H,15,16).